The maximum absolute atomic E-state index is 10.9. The summed E-state index contributed by atoms with van der Waals surface area (Å²) < 4.78 is 0. The van der Waals surface area contributed by atoms with Crippen LogP contribution in [0.1, 0.15) is 5.56 Å². The molecule has 0 radical (unpaired) electrons. The zero-order chi connectivity index (χ0) is 10.1. The van der Waals surface area contributed by atoms with Crippen LogP contribution >= 0.6 is 0 Å². The smallest absolute Gasteiger partial charge is 0.248 e. The molecule has 1 amide bonds. The van der Waals surface area contributed by atoms with Crippen molar-refractivity contribution in [1.29, 1.82) is 0 Å². The van der Waals surface area contributed by atoms with Crippen molar-refractivity contribution in [3.05, 3.63) is 36.7 Å². The Morgan fingerprint density at radius 3 is 3.07 bits per heavy atom. The van der Waals surface area contributed by atoms with E-state index in [0.29, 0.717) is 11.1 Å². The van der Waals surface area contributed by atoms with Gasteiger partial charge in [0.1, 0.15) is 5.65 Å². The summed E-state index contributed by atoms with van der Waals surface area (Å²) in [4.78, 5) is 18.0. The predicted octanol–water partition coefficient (Wildman–Crippen LogP) is 1.06. The third kappa shape index (κ3) is 1.17. The molecule has 2 rings (SSSR count). The summed E-state index contributed by atoms with van der Waals surface area (Å²) in [5.74, 6) is -0.519. The lowest BCUT2D eigenvalue weighted by Crippen LogP contribution is -2.11. The molecule has 0 atom stereocenters. The monoisotopic (exact) mass is 187 g/mol. The first-order valence-electron chi connectivity index (χ1n) is 4.11. The van der Waals surface area contributed by atoms with Crippen LogP contribution < -0.4 is 5.73 Å². The summed E-state index contributed by atoms with van der Waals surface area (Å²) in [6, 6.07) is 3.66. The number of primary amides is 1. The molecule has 0 bridgehead atoms. The number of carbonyl (C=O) groups is 1. The molecular weight excluding hydrogens is 178 g/mol. The van der Waals surface area contributed by atoms with Crippen LogP contribution in [0.15, 0.2) is 31.1 Å². The van der Waals surface area contributed by atoms with E-state index in [9.17, 15) is 4.79 Å². The molecule has 2 aromatic rings. The minimum Gasteiger partial charge on any atom is -0.366 e. The van der Waals surface area contributed by atoms with E-state index in [1.165, 1.54) is 0 Å². The Hall–Kier alpha value is -2.10. The van der Waals surface area contributed by atoms with Crippen molar-refractivity contribution in [3.63, 3.8) is 0 Å². The topological polar surface area (TPSA) is 71.8 Å². The number of rotatable bonds is 2. The molecule has 0 saturated carbocycles. The summed E-state index contributed by atoms with van der Waals surface area (Å²) in [5.41, 5.74) is 6.88. The van der Waals surface area contributed by atoms with E-state index in [0.717, 1.165) is 11.0 Å². The number of H-pyrrole nitrogens is 1. The first kappa shape index (κ1) is 8.50. The molecular formula is C10H9N3O. The maximum atomic E-state index is 10.9. The Balaban J connectivity index is 2.64. The SMILES string of the molecule is C=C(C(N)=O)c1c[nH]c2ncccc12. The largest absolute Gasteiger partial charge is 0.366 e. The lowest BCUT2D eigenvalue weighted by molar-refractivity contribution is -0.112. The second kappa shape index (κ2) is 2.99. The van der Waals surface area contributed by atoms with E-state index in [-0.39, 0.29) is 0 Å². The fraction of sp³-hybridized carbons (Fsp3) is 0. The van der Waals surface area contributed by atoms with E-state index in [4.69, 9.17) is 5.73 Å². The number of aromatic nitrogens is 2. The number of nitrogens with zero attached hydrogens (tertiary/aromatic N) is 1. The van der Waals surface area contributed by atoms with Crippen molar-refractivity contribution in [2.45, 2.75) is 0 Å². The number of nitrogens with two attached hydrogens (primary N) is 1. The van der Waals surface area contributed by atoms with Gasteiger partial charge in [0, 0.05) is 28.9 Å². The quantitative estimate of drug-likeness (QED) is 0.690. The van der Waals surface area contributed by atoms with Crippen LogP contribution in [0.25, 0.3) is 16.6 Å². The molecule has 0 aliphatic heterocycles. The van der Waals surface area contributed by atoms with Crippen LogP contribution in [0.5, 0.6) is 0 Å². The molecule has 0 spiro atoms. The highest BCUT2D eigenvalue weighted by Crippen LogP contribution is 2.21. The minimum atomic E-state index is -0.519. The number of fused-ring (bicyclic) bond motifs is 1. The van der Waals surface area contributed by atoms with Crippen LogP contribution in [0.4, 0.5) is 0 Å². The minimum absolute atomic E-state index is 0.296. The maximum Gasteiger partial charge on any atom is 0.248 e. The number of aromatic amines is 1. The molecule has 0 aliphatic carbocycles. The van der Waals surface area contributed by atoms with Gasteiger partial charge in [-0.1, -0.05) is 6.58 Å². The molecule has 4 nitrogen and oxygen atoms in total. The van der Waals surface area contributed by atoms with Gasteiger partial charge in [-0.3, -0.25) is 4.79 Å². The normalized spacial score (nSPS) is 10.3. The highest BCUT2D eigenvalue weighted by Gasteiger charge is 2.10. The lowest BCUT2D eigenvalue weighted by Gasteiger charge is -1.97. The first-order chi connectivity index (χ1) is 6.70. The number of hydrogen-bond acceptors (Lipinski definition) is 2. The van der Waals surface area contributed by atoms with E-state index in [1.54, 1.807) is 18.5 Å². The Kier molecular flexibility index (Phi) is 1.81. The molecule has 4 heteroatoms. The van der Waals surface area contributed by atoms with E-state index >= 15 is 0 Å². The van der Waals surface area contributed by atoms with Crippen LogP contribution in [0.3, 0.4) is 0 Å². The van der Waals surface area contributed by atoms with Gasteiger partial charge in [0.2, 0.25) is 5.91 Å². The summed E-state index contributed by atoms with van der Waals surface area (Å²) >= 11 is 0. The van der Waals surface area contributed by atoms with Crippen molar-refractivity contribution in [2.24, 2.45) is 5.73 Å². The number of pyridine rings is 1. The van der Waals surface area contributed by atoms with Crippen molar-refractivity contribution in [3.8, 4) is 0 Å². The molecule has 0 saturated heterocycles. The molecule has 2 heterocycles. The average molecular weight is 187 g/mol. The fourth-order valence-electron chi connectivity index (χ4n) is 1.34. The predicted molar refractivity (Wildman–Crippen MR) is 54.3 cm³/mol. The van der Waals surface area contributed by atoms with Gasteiger partial charge >= 0.3 is 0 Å². The van der Waals surface area contributed by atoms with Gasteiger partial charge in [-0.05, 0) is 12.1 Å². The molecule has 0 fully saturated rings. The van der Waals surface area contributed by atoms with E-state index < -0.39 is 5.91 Å². The van der Waals surface area contributed by atoms with Crippen LogP contribution in [-0.2, 0) is 4.79 Å². The Morgan fingerprint density at radius 2 is 2.36 bits per heavy atom. The standard InChI is InChI=1S/C10H9N3O/c1-6(9(11)14)8-5-13-10-7(8)3-2-4-12-10/h2-5H,1H2,(H2,11,14)(H,12,13). The van der Waals surface area contributed by atoms with Gasteiger partial charge < -0.3 is 10.7 Å². The van der Waals surface area contributed by atoms with Gasteiger partial charge in [-0.15, -0.1) is 0 Å². The molecule has 0 unspecified atom stereocenters. The summed E-state index contributed by atoms with van der Waals surface area (Å²) in [6.45, 7) is 3.62. The molecule has 0 aliphatic rings. The molecule has 14 heavy (non-hydrogen) atoms. The van der Waals surface area contributed by atoms with Crippen molar-refractivity contribution in [1.82, 2.24) is 9.97 Å². The average Bonchev–Trinajstić information content (AvgIpc) is 2.60. The van der Waals surface area contributed by atoms with Gasteiger partial charge in [0.05, 0.1) is 0 Å². The van der Waals surface area contributed by atoms with Gasteiger partial charge in [-0.25, -0.2) is 4.98 Å². The van der Waals surface area contributed by atoms with Crippen molar-refractivity contribution < 1.29 is 4.79 Å². The molecule has 0 aromatic carbocycles. The molecule has 2 aromatic heterocycles. The number of carbonyl (C=O) groups excluding carboxylic acids is 1. The number of amides is 1. The third-order valence-corrected chi connectivity index (χ3v) is 2.07. The number of hydrogen-bond donors (Lipinski definition) is 2. The highest BCUT2D eigenvalue weighted by atomic mass is 16.1. The van der Waals surface area contributed by atoms with Gasteiger partial charge in [0.15, 0.2) is 0 Å². The summed E-state index contributed by atoms with van der Waals surface area (Å²) in [5, 5.41) is 0.858. The summed E-state index contributed by atoms with van der Waals surface area (Å²) in [7, 11) is 0. The van der Waals surface area contributed by atoms with Crippen molar-refractivity contribution >= 4 is 22.5 Å². The molecule has 70 valence electrons. The van der Waals surface area contributed by atoms with Crippen LogP contribution in [0.2, 0.25) is 0 Å². The van der Waals surface area contributed by atoms with Crippen LogP contribution in [0, 0.1) is 0 Å². The first-order valence-corrected chi connectivity index (χ1v) is 4.11. The third-order valence-electron chi connectivity index (χ3n) is 2.07. The fourth-order valence-corrected chi connectivity index (χ4v) is 1.34. The highest BCUT2D eigenvalue weighted by molar-refractivity contribution is 6.21. The van der Waals surface area contributed by atoms with E-state index in [1.807, 2.05) is 6.07 Å². The summed E-state index contributed by atoms with van der Waals surface area (Å²) in [6.07, 6.45) is 3.36. The second-order valence-corrected chi connectivity index (χ2v) is 2.94. The number of nitrogens with one attached hydrogen (secondary N) is 1. The Labute approximate surface area is 80.4 Å². The molecule has 3 N–H and O–H groups in total. The Bertz CT molecular complexity index is 513. The van der Waals surface area contributed by atoms with Crippen LogP contribution in [-0.4, -0.2) is 15.9 Å². The van der Waals surface area contributed by atoms with E-state index in [2.05, 4.69) is 16.5 Å². The lowest BCUT2D eigenvalue weighted by atomic mass is 10.1. The van der Waals surface area contributed by atoms with Crippen molar-refractivity contribution in [2.75, 3.05) is 0 Å². The zero-order valence-electron chi connectivity index (χ0n) is 7.45. The zero-order valence-corrected chi connectivity index (χ0v) is 7.45. The van der Waals surface area contributed by atoms with Gasteiger partial charge in [0.25, 0.3) is 0 Å². The Morgan fingerprint density at radius 1 is 1.57 bits per heavy atom. The van der Waals surface area contributed by atoms with Gasteiger partial charge in [-0.2, -0.15) is 0 Å². The second-order valence-electron chi connectivity index (χ2n) is 2.94.